The van der Waals surface area contributed by atoms with E-state index in [-0.39, 0.29) is 47.3 Å². The summed E-state index contributed by atoms with van der Waals surface area (Å²) in [5.41, 5.74) is 3.34. The van der Waals surface area contributed by atoms with Crippen molar-refractivity contribution in [2.75, 3.05) is 37.8 Å². The standard InChI is InChI=1S/C44H59F4N4O3PS2/c1-43(2,33-11-15-35(45)16-12-33)19-5-7-25-57-41-31-51-37(27-39(41)47)29-49-21-9-23-54-56(53)55-24-10-22-50-30-38-28-40(48)42(32-52-38)58-26-8-6-20-44(3,4)34-13-17-36(46)18-14-34/h11-18,27-28,31-32,49-50,56H,5-10,19-26,29-30H2,1-4H3. The van der Waals surface area contributed by atoms with Gasteiger partial charge in [0.2, 0.25) is 0 Å². The molecule has 14 heteroatoms. The Bertz CT molecular complexity index is 1710. The van der Waals surface area contributed by atoms with Gasteiger partial charge in [0, 0.05) is 25.5 Å². The number of aromatic nitrogens is 2. The van der Waals surface area contributed by atoms with Crippen LogP contribution in [0.3, 0.4) is 0 Å². The van der Waals surface area contributed by atoms with E-state index < -0.39 is 8.25 Å². The molecule has 0 fully saturated rings. The van der Waals surface area contributed by atoms with Crippen molar-refractivity contribution in [3.8, 4) is 0 Å². The lowest BCUT2D eigenvalue weighted by Crippen LogP contribution is -2.17. The van der Waals surface area contributed by atoms with Crippen LogP contribution in [0.4, 0.5) is 17.6 Å². The number of rotatable bonds is 28. The third kappa shape index (κ3) is 17.4. The summed E-state index contributed by atoms with van der Waals surface area (Å²) in [5, 5.41) is 6.42. The Hall–Kier alpha value is -2.77. The highest BCUT2D eigenvalue weighted by Gasteiger charge is 2.21. The molecule has 0 radical (unpaired) electrons. The van der Waals surface area contributed by atoms with E-state index in [0.29, 0.717) is 60.2 Å². The van der Waals surface area contributed by atoms with Crippen LogP contribution in [0, 0.1) is 23.3 Å². The maximum atomic E-state index is 14.7. The van der Waals surface area contributed by atoms with Crippen molar-refractivity contribution in [1.82, 2.24) is 20.6 Å². The van der Waals surface area contributed by atoms with Crippen LogP contribution in [0.15, 0.2) is 82.8 Å². The molecule has 0 aliphatic rings. The number of pyridine rings is 2. The molecule has 318 valence electrons. The van der Waals surface area contributed by atoms with Gasteiger partial charge >= 0.3 is 8.25 Å². The molecule has 0 bridgehead atoms. The molecule has 0 aliphatic heterocycles. The van der Waals surface area contributed by atoms with Crippen LogP contribution >= 0.6 is 31.8 Å². The van der Waals surface area contributed by atoms with Crippen LogP contribution in [-0.2, 0) is 37.5 Å². The molecule has 7 nitrogen and oxygen atoms in total. The Morgan fingerprint density at radius 3 is 1.38 bits per heavy atom. The van der Waals surface area contributed by atoms with Crippen molar-refractivity contribution in [3.63, 3.8) is 0 Å². The summed E-state index contributed by atoms with van der Waals surface area (Å²) in [5.74, 6) is 0.558. The van der Waals surface area contributed by atoms with Crippen molar-refractivity contribution in [2.45, 2.75) is 113 Å². The van der Waals surface area contributed by atoms with Gasteiger partial charge in [-0.05, 0) is 121 Å². The summed E-state index contributed by atoms with van der Waals surface area (Å²) in [7, 11) is -2.61. The lowest BCUT2D eigenvalue weighted by molar-refractivity contribution is 0.220. The van der Waals surface area contributed by atoms with E-state index in [2.05, 4.69) is 48.3 Å². The van der Waals surface area contributed by atoms with Crippen LogP contribution in [-0.4, -0.2) is 47.8 Å². The lowest BCUT2D eigenvalue weighted by atomic mass is 9.80. The first kappa shape index (κ1) is 47.9. The molecule has 0 atom stereocenters. The van der Waals surface area contributed by atoms with E-state index in [1.54, 1.807) is 12.4 Å². The van der Waals surface area contributed by atoms with Gasteiger partial charge in [0.05, 0.1) is 34.4 Å². The molecule has 4 rings (SSSR count). The average Bonchev–Trinajstić information content (AvgIpc) is 3.19. The summed E-state index contributed by atoms with van der Waals surface area (Å²) < 4.78 is 78.7. The first-order valence-electron chi connectivity index (χ1n) is 20.1. The first-order valence-corrected chi connectivity index (χ1v) is 23.3. The summed E-state index contributed by atoms with van der Waals surface area (Å²) >= 11 is 2.93. The normalized spacial score (nSPS) is 12.2. The smallest absolute Gasteiger partial charge is 0.311 e. The van der Waals surface area contributed by atoms with Crippen molar-refractivity contribution in [1.29, 1.82) is 0 Å². The number of hydrogen-bond acceptors (Lipinski definition) is 9. The molecule has 0 unspecified atom stereocenters. The average molecular weight is 863 g/mol. The molecular weight excluding hydrogens is 804 g/mol. The quantitative estimate of drug-likeness (QED) is 0.0251. The Labute approximate surface area is 351 Å². The summed E-state index contributed by atoms with van der Waals surface area (Å²) in [6.07, 6.45) is 10.2. The summed E-state index contributed by atoms with van der Waals surface area (Å²) in [4.78, 5) is 9.86. The van der Waals surface area contributed by atoms with Crippen LogP contribution < -0.4 is 10.6 Å². The molecule has 2 aromatic heterocycles. The van der Waals surface area contributed by atoms with Gasteiger partial charge in [-0.15, -0.1) is 23.5 Å². The van der Waals surface area contributed by atoms with E-state index in [9.17, 15) is 22.1 Å². The van der Waals surface area contributed by atoms with Crippen molar-refractivity contribution < 1.29 is 31.2 Å². The third-order valence-electron chi connectivity index (χ3n) is 9.96. The predicted octanol–water partition coefficient (Wildman–Crippen LogP) is 11.6. The fourth-order valence-corrected chi connectivity index (χ4v) is 8.78. The van der Waals surface area contributed by atoms with E-state index in [1.807, 2.05) is 24.3 Å². The van der Waals surface area contributed by atoms with Gasteiger partial charge in [0.1, 0.15) is 23.3 Å². The lowest BCUT2D eigenvalue weighted by Gasteiger charge is -2.25. The maximum Gasteiger partial charge on any atom is 0.319 e. The topological polar surface area (TPSA) is 85.4 Å². The second-order valence-electron chi connectivity index (χ2n) is 15.6. The fourth-order valence-electron chi connectivity index (χ4n) is 6.29. The van der Waals surface area contributed by atoms with E-state index >= 15 is 0 Å². The van der Waals surface area contributed by atoms with E-state index in [4.69, 9.17) is 9.05 Å². The van der Waals surface area contributed by atoms with Gasteiger partial charge in [0.25, 0.3) is 0 Å². The fraction of sp³-hybridized carbons (Fsp3) is 0.500. The van der Waals surface area contributed by atoms with Gasteiger partial charge in [-0.1, -0.05) is 64.8 Å². The van der Waals surface area contributed by atoms with Crippen LogP contribution in [0.1, 0.15) is 102 Å². The van der Waals surface area contributed by atoms with Crippen LogP contribution in [0.25, 0.3) is 0 Å². The Kier molecular flexibility index (Phi) is 20.7. The zero-order valence-electron chi connectivity index (χ0n) is 34.2. The van der Waals surface area contributed by atoms with Gasteiger partial charge in [-0.3, -0.25) is 14.5 Å². The zero-order chi connectivity index (χ0) is 41.8. The minimum absolute atomic E-state index is 0.0500. The first-order chi connectivity index (χ1) is 27.8. The van der Waals surface area contributed by atoms with Gasteiger partial charge in [0.15, 0.2) is 0 Å². The molecule has 4 aromatic rings. The van der Waals surface area contributed by atoms with Gasteiger partial charge in [-0.2, -0.15) is 0 Å². The Balaban J connectivity index is 0.966. The number of thioether (sulfide) groups is 2. The molecule has 0 spiro atoms. The van der Waals surface area contributed by atoms with E-state index in [1.165, 1.54) is 59.9 Å². The number of nitrogens with one attached hydrogen (secondary N) is 2. The number of hydrogen-bond donors (Lipinski definition) is 2. The molecule has 2 aromatic carbocycles. The van der Waals surface area contributed by atoms with Crippen molar-refractivity contribution >= 4 is 31.8 Å². The molecule has 0 saturated heterocycles. The summed E-state index contributed by atoms with van der Waals surface area (Å²) in [6.45, 7) is 11.2. The highest BCUT2D eigenvalue weighted by Crippen LogP contribution is 2.32. The van der Waals surface area contributed by atoms with Crippen molar-refractivity contribution in [2.24, 2.45) is 0 Å². The Morgan fingerprint density at radius 1 is 0.603 bits per heavy atom. The van der Waals surface area contributed by atoms with Crippen molar-refractivity contribution in [3.05, 3.63) is 119 Å². The second kappa shape index (κ2) is 25.1. The zero-order valence-corrected chi connectivity index (χ0v) is 36.8. The minimum Gasteiger partial charge on any atom is -0.311 e. The molecule has 0 saturated carbocycles. The second-order valence-corrected chi connectivity index (χ2v) is 19.0. The molecular formula is C44H59F4N4O3PS2. The van der Waals surface area contributed by atoms with E-state index in [0.717, 1.165) is 61.2 Å². The maximum absolute atomic E-state index is 14.7. The molecule has 0 aliphatic carbocycles. The number of unbranched alkanes of at least 4 members (excludes halogenated alkanes) is 2. The molecule has 2 N–H and O–H groups in total. The number of nitrogens with zero attached hydrogens (tertiary/aromatic N) is 2. The monoisotopic (exact) mass is 862 g/mol. The highest BCUT2D eigenvalue weighted by atomic mass is 32.2. The molecule has 2 heterocycles. The molecule has 58 heavy (non-hydrogen) atoms. The van der Waals surface area contributed by atoms with Gasteiger partial charge < -0.3 is 19.7 Å². The Morgan fingerprint density at radius 2 is 1.00 bits per heavy atom. The van der Waals surface area contributed by atoms with Crippen LogP contribution in [0.2, 0.25) is 0 Å². The number of benzene rings is 2. The van der Waals surface area contributed by atoms with Gasteiger partial charge in [-0.25, -0.2) is 17.6 Å². The van der Waals surface area contributed by atoms with Crippen LogP contribution in [0.5, 0.6) is 0 Å². The third-order valence-corrected chi connectivity index (χ3v) is 13.0. The summed E-state index contributed by atoms with van der Waals surface area (Å²) in [6, 6.07) is 16.3. The highest BCUT2D eigenvalue weighted by molar-refractivity contribution is 7.99. The SMILES string of the molecule is CC(C)(CCCCSc1cnc(CNCCCO[PH](=O)OCCCNCc2cc(F)c(SCCCCC(C)(C)c3ccc(F)cc3)cn2)cc1F)c1ccc(F)cc1. The number of halogens is 4. The predicted molar refractivity (Wildman–Crippen MR) is 230 cm³/mol. The minimum atomic E-state index is -2.61. The molecule has 0 amide bonds. The largest absolute Gasteiger partial charge is 0.319 e.